The van der Waals surface area contributed by atoms with Crippen molar-refractivity contribution in [3.05, 3.63) is 59.8 Å². The summed E-state index contributed by atoms with van der Waals surface area (Å²) in [7, 11) is 1.68. The van der Waals surface area contributed by atoms with Gasteiger partial charge in [0.2, 0.25) is 5.91 Å². The first kappa shape index (κ1) is 30.9. The Hall–Kier alpha value is -4.06. The van der Waals surface area contributed by atoms with E-state index in [2.05, 4.69) is 22.0 Å². The molecule has 9 nitrogen and oxygen atoms in total. The Balaban J connectivity index is 0.000000517. The number of fused-ring (bicyclic) bond motifs is 4. The molecule has 226 valence electrons. The Morgan fingerprint density at radius 2 is 1.76 bits per heavy atom. The van der Waals surface area contributed by atoms with Gasteiger partial charge in [-0.25, -0.2) is 4.79 Å². The third-order valence-electron chi connectivity index (χ3n) is 7.66. The van der Waals surface area contributed by atoms with Gasteiger partial charge in [-0.05, 0) is 55.7 Å². The number of halogens is 3. The van der Waals surface area contributed by atoms with E-state index in [-0.39, 0.29) is 24.5 Å². The summed E-state index contributed by atoms with van der Waals surface area (Å²) in [5, 5.41) is 8.29. The van der Waals surface area contributed by atoms with Crippen LogP contribution in [-0.2, 0) is 26.3 Å². The van der Waals surface area contributed by atoms with Crippen LogP contribution in [0.15, 0.2) is 48.5 Å². The normalized spacial score (nSPS) is 18.4. The number of hydrogen-bond acceptors (Lipinski definition) is 6. The highest BCUT2D eigenvalue weighted by atomic mass is 19.4. The number of likely N-dealkylation sites (tertiary alicyclic amines) is 1. The van der Waals surface area contributed by atoms with Crippen molar-refractivity contribution in [2.75, 3.05) is 39.9 Å². The topological polar surface area (TPSA) is 112 Å². The fourth-order valence-corrected chi connectivity index (χ4v) is 5.66. The molecule has 2 aromatic carbocycles. The maximum atomic E-state index is 13.4. The molecule has 0 aliphatic carbocycles. The Bertz CT molecular complexity index is 1420. The third-order valence-corrected chi connectivity index (χ3v) is 7.66. The zero-order valence-electron chi connectivity index (χ0n) is 23.5. The zero-order chi connectivity index (χ0) is 30.5. The number of H-pyrrole nitrogens is 1. The van der Waals surface area contributed by atoms with Crippen molar-refractivity contribution in [2.45, 2.75) is 44.3 Å². The van der Waals surface area contributed by atoms with Gasteiger partial charge in [0.1, 0.15) is 23.9 Å². The lowest BCUT2D eigenvalue weighted by molar-refractivity contribution is -0.192. The molecule has 5 rings (SSSR count). The second kappa shape index (κ2) is 12.8. The Labute approximate surface area is 241 Å². The van der Waals surface area contributed by atoms with Crippen molar-refractivity contribution < 1.29 is 42.1 Å². The molecular weight excluding hydrogens is 555 g/mol. The number of ether oxygens (including phenoxy) is 2. The molecule has 1 unspecified atom stereocenters. The number of para-hydroxylation sites is 1. The first-order valence-corrected chi connectivity index (χ1v) is 13.6. The Kier molecular flexibility index (Phi) is 9.45. The second-order valence-corrected chi connectivity index (χ2v) is 10.4. The van der Waals surface area contributed by atoms with E-state index in [1.807, 2.05) is 41.3 Å². The minimum absolute atomic E-state index is 0.0499. The first-order chi connectivity index (χ1) is 19.9. The average molecular weight is 590 g/mol. The van der Waals surface area contributed by atoms with Crippen LogP contribution in [0, 0.1) is 0 Å². The number of rotatable bonds is 8. The van der Waals surface area contributed by atoms with E-state index in [0.29, 0.717) is 13.2 Å². The van der Waals surface area contributed by atoms with Crippen molar-refractivity contribution in [3.63, 3.8) is 0 Å². The number of ketones is 1. The molecule has 0 bridgehead atoms. The van der Waals surface area contributed by atoms with Gasteiger partial charge >= 0.3 is 12.1 Å². The highest BCUT2D eigenvalue weighted by Crippen LogP contribution is 2.45. The van der Waals surface area contributed by atoms with E-state index >= 15 is 0 Å². The SMILES string of the molecule is COc1ccc2[nH]c3c(c2c1)CCN(C(=O)CCC(C)=O)C31CCN(CCOc2ccccc2)C1.O=C(O)C(F)(F)F. The predicted molar refractivity (Wildman–Crippen MR) is 149 cm³/mol. The summed E-state index contributed by atoms with van der Waals surface area (Å²) in [4.78, 5) is 42.0. The molecule has 1 aromatic heterocycles. The molecule has 0 radical (unpaired) electrons. The molecule has 1 atom stereocenters. The molecule has 0 saturated carbocycles. The van der Waals surface area contributed by atoms with Gasteiger partial charge < -0.3 is 29.3 Å². The number of alkyl halides is 3. The number of Topliss-reactive ketones (excluding diaryl/α,β-unsaturated/α-hetero) is 1. The van der Waals surface area contributed by atoms with Crippen molar-refractivity contribution >= 4 is 28.6 Å². The van der Waals surface area contributed by atoms with Gasteiger partial charge in [-0.2, -0.15) is 13.2 Å². The fourth-order valence-electron chi connectivity index (χ4n) is 5.66. The van der Waals surface area contributed by atoms with Crippen LogP contribution in [0.4, 0.5) is 13.2 Å². The van der Waals surface area contributed by atoms with E-state index < -0.39 is 17.7 Å². The molecule has 2 aliphatic rings. The molecule has 2 N–H and O–H groups in total. The molecule has 12 heteroatoms. The van der Waals surface area contributed by atoms with Crippen LogP contribution in [-0.4, -0.2) is 83.6 Å². The standard InChI is InChI=1S/C28H33N3O4.C2HF3O2/c1-20(32)8-11-26(33)31-14-12-23-24-18-22(34-2)9-10-25(24)29-27(23)28(31)13-15-30(19-28)16-17-35-21-6-4-3-5-7-21;3-2(4,5)1(6)7/h3-7,9-10,18,29H,8,11-17,19H2,1-2H3;(H,6,7). The second-order valence-electron chi connectivity index (χ2n) is 10.4. The first-order valence-electron chi connectivity index (χ1n) is 13.6. The molecule has 3 heterocycles. The summed E-state index contributed by atoms with van der Waals surface area (Å²) >= 11 is 0. The summed E-state index contributed by atoms with van der Waals surface area (Å²) in [5.74, 6) is -0.947. The van der Waals surface area contributed by atoms with Crippen molar-refractivity contribution in [1.29, 1.82) is 0 Å². The van der Waals surface area contributed by atoms with Crippen LogP contribution >= 0.6 is 0 Å². The maximum absolute atomic E-state index is 13.4. The van der Waals surface area contributed by atoms with Crippen molar-refractivity contribution in [1.82, 2.24) is 14.8 Å². The Morgan fingerprint density at radius 1 is 1.05 bits per heavy atom. The zero-order valence-corrected chi connectivity index (χ0v) is 23.5. The van der Waals surface area contributed by atoms with Gasteiger partial charge in [-0.15, -0.1) is 0 Å². The van der Waals surface area contributed by atoms with E-state index in [4.69, 9.17) is 19.4 Å². The van der Waals surface area contributed by atoms with Crippen LogP contribution in [0.5, 0.6) is 11.5 Å². The lowest BCUT2D eigenvalue weighted by atomic mass is 9.83. The van der Waals surface area contributed by atoms with Crippen LogP contribution in [0.25, 0.3) is 10.9 Å². The van der Waals surface area contributed by atoms with Gasteiger partial charge in [-0.1, -0.05) is 18.2 Å². The monoisotopic (exact) mass is 589 g/mol. The molecule has 1 amide bonds. The lowest BCUT2D eigenvalue weighted by Crippen LogP contribution is -2.55. The maximum Gasteiger partial charge on any atom is 0.490 e. The highest BCUT2D eigenvalue weighted by molar-refractivity contribution is 5.89. The molecule has 42 heavy (non-hydrogen) atoms. The number of aliphatic carboxylic acids is 1. The van der Waals surface area contributed by atoms with E-state index in [1.165, 1.54) is 10.9 Å². The van der Waals surface area contributed by atoms with E-state index in [1.54, 1.807) is 14.0 Å². The number of carbonyl (C=O) groups is 3. The number of carboxylic acid groups (broad SMARTS) is 1. The van der Waals surface area contributed by atoms with Crippen LogP contribution < -0.4 is 9.47 Å². The summed E-state index contributed by atoms with van der Waals surface area (Å²) in [5.41, 5.74) is 3.05. The van der Waals surface area contributed by atoms with Gasteiger partial charge in [0, 0.05) is 55.6 Å². The number of benzene rings is 2. The number of aromatic amines is 1. The molecule has 2 aliphatic heterocycles. The van der Waals surface area contributed by atoms with Gasteiger partial charge in [0.25, 0.3) is 0 Å². The number of amides is 1. The summed E-state index contributed by atoms with van der Waals surface area (Å²) in [6.07, 6.45) is -2.90. The molecular formula is C30H34F3N3O6. The smallest absolute Gasteiger partial charge is 0.490 e. The quantitative estimate of drug-likeness (QED) is 0.397. The minimum atomic E-state index is -5.08. The number of methoxy groups -OCH3 is 1. The predicted octanol–water partition coefficient (Wildman–Crippen LogP) is 4.54. The Morgan fingerprint density at radius 3 is 2.40 bits per heavy atom. The number of nitrogens with zero attached hydrogens (tertiary/aromatic N) is 2. The third kappa shape index (κ3) is 6.87. The average Bonchev–Trinajstić information content (AvgIpc) is 3.55. The number of aromatic nitrogens is 1. The van der Waals surface area contributed by atoms with Gasteiger partial charge in [-0.3, -0.25) is 9.69 Å². The highest BCUT2D eigenvalue weighted by Gasteiger charge is 2.50. The molecule has 1 fully saturated rings. The molecule has 3 aromatic rings. The minimum Gasteiger partial charge on any atom is -0.497 e. The number of carboxylic acids is 1. The number of nitrogens with one attached hydrogen (secondary N) is 1. The molecule has 1 spiro atoms. The molecule has 1 saturated heterocycles. The summed E-state index contributed by atoms with van der Waals surface area (Å²) in [6.45, 7) is 5.21. The van der Waals surface area contributed by atoms with E-state index in [0.717, 1.165) is 55.2 Å². The van der Waals surface area contributed by atoms with E-state index in [9.17, 15) is 22.8 Å². The van der Waals surface area contributed by atoms with Crippen LogP contribution in [0.3, 0.4) is 0 Å². The number of carbonyl (C=O) groups excluding carboxylic acids is 2. The van der Waals surface area contributed by atoms with Gasteiger partial charge in [0.05, 0.1) is 12.6 Å². The van der Waals surface area contributed by atoms with Gasteiger partial charge in [0.15, 0.2) is 0 Å². The van der Waals surface area contributed by atoms with Crippen molar-refractivity contribution in [2.24, 2.45) is 0 Å². The van der Waals surface area contributed by atoms with Crippen LogP contribution in [0.1, 0.15) is 37.4 Å². The van der Waals surface area contributed by atoms with Crippen LogP contribution in [0.2, 0.25) is 0 Å². The lowest BCUT2D eigenvalue weighted by Gasteiger charge is -2.45. The largest absolute Gasteiger partial charge is 0.497 e. The van der Waals surface area contributed by atoms with Crippen molar-refractivity contribution in [3.8, 4) is 11.5 Å². The summed E-state index contributed by atoms with van der Waals surface area (Å²) in [6, 6.07) is 16.0. The fraction of sp³-hybridized carbons (Fsp3) is 0.433. The number of hydrogen-bond donors (Lipinski definition) is 2. The summed E-state index contributed by atoms with van der Waals surface area (Å²) < 4.78 is 43.2.